The molecule has 0 aliphatic carbocycles. The van der Waals surface area contributed by atoms with Crippen LogP contribution >= 0.6 is 11.6 Å². The smallest absolute Gasteiger partial charge is 0.280 e. The fourth-order valence-electron chi connectivity index (χ4n) is 1.09. The van der Waals surface area contributed by atoms with E-state index in [-0.39, 0.29) is 16.5 Å². The number of alkyl halides is 2. The molecule has 0 bridgehead atoms. The number of hydrogen-bond donors (Lipinski definition) is 1. The summed E-state index contributed by atoms with van der Waals surface area (Å²) in [6.07, 6.45) is -1.37. The molecule has 7 heteroatoms. The van der Waals surface area contributed by atoms with E-state index in [0.717, 1.165) is 6.07 Å². The van der Waals surface area contributed by atoms with Crippen LogP contribution in [0.15, 0.2) is 12.3 Å². The van der Waals surface area contributed by atoms with Crippen molar-refractivity contribution < 1.29 is 8.78 Å². The molecule has 0 aromatic carbocycles. The highest BCUT2D eigenvalue weighted by Crippen LogP contribution is 2.23. The largest absolute Gasteiger partial charge is 0.384 e. The van der Waals surface area contributed by atoms with Gasteiger partial charge in [0, 0.05) is 6.07 Å². The predicted octanol–water partition coefficient (Wildman–Crippen LogP) is 1.90. The minimum atomic E-state index is -2.67. The minimum absolute atomic E-state index is 0.0807. The number of anilines is 1. The summed E-state index contributed by atoms with van der Waals surface area (Å²) in [7, 11) is 0. The van der Waals surface area contributed by atoms with E-state index in [1.807, 2.05) is 0 Å². The molecular formula is C7H5ClF2N4. The van der Waals surface area contributed by atoms with Gasteiger partial charge in [0.25, 0.3) is 6.43 Å². The van der Waals surface area contributed by atoms with Gasteiger partial charge < -0.3 is 5.73 Å². The van der Waals surface area contributed by atoms with Crippen LogP contribution in [0.4, 0.5) is 14.6 Å². The van der Waals surface area contributed by atoms with Gasteiger partial charge in [-0.2, -0.15) is 9.61 Å². The van der Waals surface area contributed by atoms with Crippen molar-refractivity contribution in [2.24, 2.45) is 0 Å². The average molecular weight is 219 g/mol. The maximum Gasteiger partial charge on any atom is 0.280 e. The third-order valence-electron chi connectivity index (χ3n) is 1.70. The molecule has 0 amide bonds. The molecule has 0 saturated carbocycles. The lowest BCUT2D eigenvalue weighted by molar-refractivity contribution is 0.146. The number of fused-ring (bicyclic) bond motifs is 1. The molecule has 2 rings (SSSR count). The van der Waals surface area contributed by atoms with E-state index in [0.29, 0.717) is 0 Å². The molecule has 2 heterocycles. The van der Waals surface area contributed by atoms with Gasteiger partial charge in [-0.05, 0) is 0 Å². The van der Waals surface area contributed by atoms with Gasteiger partial charge in [-0.1, -0.05) is 11.6 Å². The van der Waals surface area contributed by atoms with Crippen LogP contribution in [0.3, 0.4) is 0 Å². The van der Waals surface area contributed by atoms with Gasteiger partial charge in [0.05, 0.1) is 6.20 Å². The number of aromatic nitrogens is 3. The van der Waals surface area contributed by atoms with E-state index in [1.165, 1.54) is 10.7 Å². The summed E-state index contributed by atoms with van der Waals surface area (Å²) in [5, 5.41) is 3.96. The zero-order chi connectivity index (χ0) is 10.3. The van der Waals surface area contributed by atoms with Gasteiger partial charge in [0.2, 0.25) is 0 Å². The van der Waals surface area contributed by atoms with Gasteiger partial charge in [-0.25, -0.2) is 13.8 Å². The Labute approximate surface area is 82.3 Å². The minimum Gasteiger partial charge on any atom is -0.384 e. The van der Waals surface area contributed by atoms with Crippen molar-refractivity contribution in [3.8, 4) is 0 Å². The molecule has 14 heavy (non-hydrogen) atoms. The Bertz CT molecular complexity index is 482. The second-order valence-corrected chi connectivity index (χ2v) is 3.04. The number of rotatable bonds is 1. The number of nitrogens with zero attached hydrogens (tertiary/aromatic N) is 3. The topological polar surface area (TPSA) is 56.2 Å². The van der Waals surface area contributed by atoms with Gasteiger partial charge in [-0.3, -0.25) is 0 Å². The van der Waals surface area contributed by atoms with Crippen molar-refractivity contribution in [2.45, 2.75) is 6.43 Å². The molecule has 0 atom stereocenters. The summed E-state index contributed by atoms with van der Waals surface area (Å²) in [6, 6.07) is 1.07. The van der Waals surface area contributed by atoms with Crippen molar-refractivity contribution >= 4 is 23.1 Å². The van der Waals surface area contributed by atoms with E-state index in [1.54, 1.807) is 0 Å². The van der Waals surface area contributed by atoms with Crippen molar-refractivity contribution in [2.75, 3.05) is 5.73 Å². The molecule has 0 unspecified atom stereocenters. The second-order valence-electron chi connectivity index (χ2n) is 2.63. The van der Waals surface area contributed by atoms with E-state index in [4.69, 9.17) is 17.3 Å². The average Bonchev–Trinajstić information content (AvgIpc) is 2.48. The van der Waals surface area contributed by atoms with Crippen LogP contribution in [0.5, 0.6) is 0 Å². The van der Waals surface area contributed by atoms with Crippen molar-refractivity contribution in [1.82, 2.24) is 14.6 Å². The lowest BCUT2D eigenvalue weighted by Gasteiger charge is -2.02. The summed E-state index contributed by atoms with van der Waals surface area (Å²) < 4.78 is 25.8. The monoisotopic (exact) mass is 218 g/mol. The molecule has 0 spiro atoms. The Kier molecular flexibility index (Phi) is 1.99. The molecule has 0 fully saturated rings. The second kappa shape index (κ2) is 3.06. The van der Waals surface area contributed by atoms with Crippen LogP contribution in [0.2, 0.25) is 5.02 Å². The Hall–Kier alpha value is -1.43. The van der Waals surface area contributed by atoms with E-state index in [2.05, 4.69) is 10.1 Å². The lowest BCUT2D eigenvalue weighted by Crippen LogP contribution is -2.03. The fourth-order valence-corrected chi connectivity index (χ4v) is 1.26. The van der Waals surface area contributed by atoms with Crippen LogP contribution < -0.4 is 5.73 Å². The number of halogens is 3. The van der Waals surface area contributed by atoms with Gasteiger partial charge in [-0.15, -0.1) is 0 Å². The first-order valence-electron chi connectivity index (χ1n) is 3.67. The molecule has 2 N–H and O–H groups in total. The van der Waals surface area contributed by atoms with Crippen LogP contribution in [-0.2, 0) is 0 Å². The summed E-state index contributed by atoms with van der Waals surface area (Å²) in [5.74, 6) is 0.0807. The van der Waals surface area contributed by atoms with Crippen LogP contribution in [0.25, 0.3) is 5.65 Å². The Morgan fingerprint density at radius 1 is 1.50 bits per heavy atom. The standard InChI is InChI=1S/C7H5ClF2N4/c8-3-2-12-14-5(11)1-4(6(9)10)13-7(3)14/h1-2,6H,11H2. The van der Waals surface area contributed by atoms with E-state index in [9.17, 15) is 8.78 Å². The third kappa shape index (κ3) is 1.27. The lowest BCUT2D eigenvalue weighted by atomic mass is 10.4. The quantitative estimate of drug-likeness (QED) is 0.795. The Balaban J connectivity index is 2.75. The fraction of sp³-hybridized carbons (Fsp3) is 0.143. The first kappa shape index (κ1) is 9.14. The molecule has 4 nitrogen and oxygen atoms in total. The van der Waals surface area contributed by atoms with Gasteiger partial charge in [0.1, 0.15) is 16.5 Å². The molecule has 0 aliphatic heterocycles. The molecular weight excluding hydrogens is 214 g/mol. The van der Waals surface area contributed by atoms with E-state index >= 15 is 0 Å². The maximum absolute atomic E-state index is 12.3. The first-order valence-corrected chi connectivity index (χ1v) is 4.05. The van der Waals surface area contributed by atoms with E-state index < -0.39 is 12.1 Å². The molecule has 0 radical (unpaired) electrons. The highest BCUT2D eigenvalue weighted by molar-refractivity contribution is 6.33. The van der Waals surface area contributed by atoms with Crippen LogP contribution in [0, 0.1) is 0 Å². The normalized spacial score (nSPS) is 11.4. The molecule has 2 aromatic rings. The molecule has 0 saturated heterocycles. The maximum atomic E-state index is 12.3. The number of nitrogens with two attached hydrogens (primary N) is 1. The van der Waals surface area contributed by atoms with Crippen LogP contribution in [-0.4, -0.2) is 14.6 Å². The SMILES string of the molecule is Nc1cc(C(F)F)nc2c(Cl)cnn12. The number of hydrogen-bond acceptors (Lipinski definition) is 3. The summed E-state index contributed by atoms with van der Waals surface area (Å²) in [5.41, 5.74) is 5.21. The first-order chi connectivity index (χ1) is 6.59. The summed E-state index contributed by atoms with van der Waals surface area (Å²) >= 11 is 5.67. The highest BCUT2D eigenvalue weighted by Gasteiger charge is 2.14. The Morgan fingerprint density at radius 3 is 2.86 bits per heavy atom. The third-order valence-corrected chi connectivity index (χ3v) is 1.97. The molecule has 2 aromatic heterocycles. The predicted molar refractivity (Wildman–Crippen MR) is 47.4 cm³/mol. The molecule has 74 valence electrons. The van der Waals surface area contributed by atoms with Crippen molar-refractivity contribution in [3.63, 3.8) is 0 Å². The zero-order valence-electron chi connectivity index (χ0n) is 6.78. The van der Waals surface area contributed by atoms with Crippen molar-refractivity contribution in [1.29, 1.82) is 0 Å². The molecule has 0 aliphatic rings. The van der Waals surface area contributed by atoms with Gasteiger partial charge in [0.15, 0.2) is 5.65 Å². The van der Waals surface area contributed by atoms with Crippen molar-refractivity contribution in [3.05, 3.63) is 23.0 Å². The Morgan fingerprint density at radius 2 is 2.21 bits per heavy atom. The van der Waals surface area contributed by atoms with Crippen LogP contribution in [0.1, 0.15) is 12.1 Å². The zero-order valence-corrected chi connectivity index (χ0v) is 7.54. The summed E-state index contributed by atoms with van der Waals surface area (Å²) in [6.45, 7) is 0. The highest BCUT2D eigenvalue weighted by atomic mass is 35.5. The number of nitrogen functional groups attached to an aromatic ring is 1. The van der Waals surface area contributed by atoms with Gasteiger partial charge >= 0.3 is 0 Å². The summed E-state index contributed by atoms with van der Waals surface area (Å²) in [4.78, 5) is 3.63.